The number of nitrogens with zero attached hydrogens (tertiary/aromatic N) is 1. The van der Waals surface area contributed by atoms with Crippen molar-refractivity contribution in [3.05, 3.63) is 33.8 Å². The number of nitrogens with one attached hydrogen (secondary N) is 1. The molecule has 110 valence electrons. The Morgan fingerprint density at radius 3 is 2.75 bits per heavy atom. The molecule has 0 aromatic heterocycles. The van der Waals surface area contributed by atoms with Gasteiger partial charge in [-0.05, 0) is 75.5 Å². The van der Waals surface area contributed by atoms with Crippen LogP contribution in [-0.2, 0) is 0 Å². The van der Waals surface area contributed by atoms with Crippen molar-refractivity contribution >= 4 is 23.2 Å². The van der Waals surface area contributed by atoms with Gasteiger partial charge in [0.05, 0.1) is 0 Å². The van der Waals surface area contributed by atoms with Gasteiger partial charge < -0.3 is 5.32 Å². The summed E-state index contributed by atoms with van der Waals surface area (Å²) in [6.45, 7) is 2.23. The first kappa shape index (κ1) is 14.6. The van der Waals surface area contributed by atoms with E-state index in [9.17, 15) is 0 Å². The van der Waals surface area contributed by atoms with E-state index in [2.05, 4.69) is 16.3 Å². The Bertz CT molecular complexity index is 472. The van der Waals surface area contributed by atoms with Crippen LogP contribution >= 0.6 is 23.2 Å². The van der Waals surface area contributed by atoms with E-state index in [1.165, 1.54) is 37.8 Å². The Hall–Kier alpha value is -0.280. The molecule has 1 heterocycles. The normalized spacial score (nSPS) is 27.8. The second-order valence-corrected chi connectivity index (χ2v) is 6.88. The Labute approximate surface area is 131 Å². The molecule has 3 rings (SSSR count). The van der Waals surface area contributed by atoms with Crippen molar-refractivity contribution in [2.75, 3.05) is 20.1 Å². The minimum Gasteiger partial charge on any atom is -0.319 e. The van der Waals surface area contributed by atoms with E-state index < -0.39 is 0 Å². The Morgan fingerprint density at radius 2 is 2.05 bits per heavy atom. The van der Waals surface area contributed by atoms with Crippen molar-refractivity contribution in [3.8, 4) is 0 Å². The third kappa shape index (κ3) is 2.99. The molecular weight excluding hydrogens is 291 g/mol. The highest BCUT2D eigenvalue weighted by Gasteiger charge is 2.40. The van der Waals surface area contributed by atoms with E-state index in [-0.39, 0.29) is 0 Å². The van der Waals surface area contributed by atoms with Crippen LogP contribution in [0.25, 0.3) is 0 Å². The van der Waals surface area contributed by atoms with Gasteiger partial charge in [-0.3, -0.25) is 4.90 Å². The number of piperidine rings is 1. The van der Waals surface area contributed by atoms with Gasteiger partial charge in [0.1, 0.15) is 0 Å². The summed E-state index contributed by atoms with van der Waals surface area (Å²) in [4.78, 5) is 2.67. The lowest BCUT2D eigenvalue weighted by Crippen LogP contribution is -2.43. The van der Waals surface area contributed by atoms with Crippen molar-refractivity contribution in [2.45, 2.75) is 37.8 Å². The van der Waals surface area contributed by atoms with E-state index in [0.29, 0.717) is 12.0 Å². The summed E-state index contributed by atoms with van der Waals surface area (Å²) in [7, 11) is 2.03. The molecule has 2 aliphatic rings. The summed E-state index contributed by atoms with van der Waals surface area (Å²) in [6, 6.07) is 7.06. The SMILES string of the molecule is CNCC1CCCN(C2CC2)C1c1cc(Cl)ccc1Cl. The second kappa shape index (κ2) is 6.23. The highest BCUT2D eigenvalue weighted by Crippen LogP contribution is 2.44. The highest BCUT2D eigenvalue weighted by molar-refractivity contribution is 6.33. The summed E-state index contributed by atoms with van der Waals surface area (Å²) >= 11 is 12.7. The molecule has 20 heavy (non-hydrogen) atoms. The van der Waals surface area contributed by atoms with Crippen LogP contribution in [0.3, 0.4) is 0 Å². The summed E-state index contributed by atoms with van der Waals surface area (Å²) in [5.74, 6) is 0.616. The fourth-order valence-corrected chi connectivity index (χ4v) is 3.98. The van der Waals surface area contributed by atoms with Gasteiger partial charge >= 0.3 is 0 Å². The van der Waals surface area contributed by atoms with Crippen LogP contribution in [0.5, 0.6) is 0 Å². The number of hydrogen-bond donors (Lipinski definition) is 1. The van der Waals surface area contributed by atoms with Gasteiger partial charge in [0.2, 0.25) is 0 Å². The van der Waals surface area contributed by atoms with Crippen LogP contribution in [0.1, 0.15) is 37.3 Å². The van der Waals surface area contributed by atoms with Crippen molar-refractivity contribution in [2.24, 2.45) is 5.92 Å². The van der Waals surface area contributed by atoms with E-state index in [4.69, 9.17) is 23.2 Å². The minimum absolute atomic E-state index is 0.412. The molecule has 0 radical (unpaired) electrons. The smallest absolute Gasteiger partial charge is 0.0455 e. The molecule has 4 heteroatoms. The zero-order valence-corrected chi connectivity index (χ0v) is 13.4. The van der Waals surface area contributed by atoms with Crippen LogP contribution in [0.2, 0.25) is 10.0 Å². The molecule has 0 bridgehead atoms. The lowest BCUT2D eigenvalue weighted by Gasteiger charge is -2.42. The fourth-order valence-electron chi connectivity index (χ4n) is 3.57. The van der Waals surface area contributed by atoms with Crippen LogP contribution in [0.15, 0.2) is 18.2 Å². The number of benzene rings is 1. The summed E-state index contributed by atoms with van der Waals surface area (Å²) < 4.78 is 0. The lowest BCUT2D eigenvalue weighted by molar-refractivity contribution is 0.0846. The number of hydrogen-bond acceptors (Lipinski definition) is 2. The molecule has 0 spiro atoms. The summed E-state index contributed by atoms with van der Waals surface area (Å²) in [5.41, 5.74) is 1.21. The fraction of sp³-hybridized carbons (Fsp3) is 0.625. The van der Waals surface area contributed by atoms with Crippen molar-refractivity contribution in [3.63, 3.8) is 0 Å². The quantitative estimate of drug-likeness (QED) is 0.899. The lowest BCUT2D eigenvalue weighted by atomic mass is 9.84. The molecule has 0 amide bonds. The topological polar surface area (TPSA) is 15.3 Å². The summed E-state index contributed by atoms with van der Waals surface area (Å²) in [6.07, 6.45) is 5.22. The van der Waals surface area contributed by atoms with E-state index in [1.807, 2.05) is 19.2 Å². The first-order valence-electron chi connectivity index (χ1n) is 7.56. The Morgan fingerprint density at radius 1 is 1.25 bits per heavy atom. The third-order valence-corrected chi connectivity index (χ3v) is 5.13. The maximum absolute atomic E-state index is 6.48. The van der Waals surface area contributed by atoms with Crippen LogP contribution in [0.4, 0.5) is 0 Å². The van der Waals surface area contributed by atoms with Gasteiger partial charge in [0.25, 0.3) is 0 Å². The largest absolute Gasteiger partial charge is 0.319 e. The molecule has 1 aromatic carbocycles. The van der Waals surface area contributed by atoms with Gasteiger partial charge in [0.15, 0.2) is 0 Å². The van der Waals surface area contributed by atoms with Crippen molar-refractivity contribution < 1.29 is 0 Å². The van der Waals surface area contributed by atoms with E-state index in [0.717, 1.165) is 22.6 Å². The molecule has 1 N–H and O–H groups in total. The number of rotatable bonds is 4. The third-order valence-electron chi connectivity index (χ3n) is 4.55. The molecule has 2 nitrogen and oxygen atoms in total. The van der Waals surface area contributed by atoms with Gasteiger partial charge in [-0.1, -0.05) is 23.2 Å². The Balaban J connectivity index is 1.95. The monoisotopic (exact) mass is 312 g/mol. The maximum Gasteiger partial charge on any atom is 0.0455 e. The molecular formula is C16H22Cl2N2. The number of halogens is 2. The predicted octanol–water partition coefficient (Wildman–Crippen LogP) is 4.13. The molecule has 2 unspecified atom stereocenters. The van der Waals surface area contributed by atoms with Crippen molar-refractivity contribution in [1.29, 1.82) is 0 Å². The van der Waals surface area contributed by atoms with Gasteiger partial charge in [-0.15, -0.1) is 0 Å². The molecule has 1 aliphatic carbocycles. The second-order valence-electron chi connectivity index (χ2n) is 6.04. The molecule has 1 saturated carbocycles. The van der Waals surface area contributed by atoms with Crippen molar-refractivity contribution in [1.82, 2.24) is 10.2 Å². The minimum atomic E-state index is 0.412. The molecule has 2 atom stereocenters. The first-order chi connectivity index (χ1) is 9.70. The van der Waals surface area contributed by atoms with Crippen LogP contribution in [0, 0.1) is 5.92 Å². The maximum atomic E-state index is 6.48. The Kier molecular flexibility index (Phi) is 4.56. The van der Waals surface area contributed by atoms with Crippen LogP contribution < -0.4 is 5.32 Å². The van der Waals surface area contributed by atoms with E-state index in [1.54, 1.807) is 0 Å². The first-order valence-corrected chi connectivity index (χ1v) is 8.31. The zero-order valence-electron chi connectivity index (χ0n) is 11.9. The van der Waals surface area contributed by atoms with Gasteiger partial charge in [0, 0.05) is 22.1 Å². The van der Waals surface area contributed by atoms with Crippen LogP contribution in [-0.4, -0.2) is 31.1 Å². The average molecular weight is 313 g/mol. The average Bonchev–Trinajstić information content (AvgIpc) is 3.26. The van der Waals surface area contributed by atoms with Gasteiger partial charge in [-0.25, -0.2) is 0 Å². The molecule has 2 fully saturated rings. The molecule has 1 saturated heterocycles. The molecule has 1 aromatic rings. The van der Waals surface area contributed by atoms with E-state index >= 15 is 0 Å². The predicted molar refractivity (Wildman–Crippen MR) is 85.6 cm³/mol. The van der Waals surface area contributed by atoms with Gasteiger partial charge in [-0.2, -0.15) is 0 Å². The summed E-state index contributed by atoms with van der Waals surface area (Å²) in [5, 5.41) is 4.99. The number of likely N-dealkylation sites (tertiary alicyclic amines) is 1. The zero-order chi connectivity index (χ0) is 14.1. The standard InChI is InChI=1S/C16H22Cl2N2/c1-19-10-11-3-2-8-20(13-5-6-13)16(11)14-9-12(17)4-7-15(14)18/h4,7,9,11,13,16,19H,2-3,5-6,8,10H2,1H3. The highest BCUT2D eigenvalue weighted by atomic mass is 35.5. The molecule has 1 aliphatic heterocycles.